The first kappa shape index (κ1) is 22.0. The van der Waals surface area contributed by atoms with E-state index in [1.165, 1.54) is 0 Å². The van der Waals surface area contributed by atoms with Crippen molar-refractivity contribution in [3.05, 3.63) is 47.7 Å². The van der Waals surface area contributed by atoms with Gasteiger partial charge in [0.15, 0.2) is 17.5 Å². The minimum Gasteiger partial charge on any atom is -0.347 e. The molecule has 2 atom stereocenters. The van der Waals surface area contributed by atoms with Crippen LogP contribution in [0.25, 0.3) is 16.8 Å². The van der Waals surface area contributed by atoms with Crippen LogP contribution in [-0.2, 0) is 10.0 Å². The fourth-order valence-electron chi connectivity index (χ4n) is 3.97. The minimum absolute atomic E-state index is 0.113. The van der Waals surface area contributed by atoms with Gasteiger partial charge < -0.3 is 5.32 Å². The molecule has 2 aliphatic rings. The zero-order chi connectivity index (χ0) is 23.5. The van der Waals surface area contributed by atoms with Gasteiger partial charge in [-0.15, -0.1) is 5.10 Å². The lowest BCUT2D eigenvalue weighted by Crippen LogP contribution is -2.50. The van der Waals surface area contributed by atoms with Crippen molar-refractivity contribution in [2.45, 2.75) is 36.7 Å². The lowest BCUT2D eigenvalue weighted by Gasteiger charge is -2.34. The SMILES string of the molecule is O=S(=O)(C1CC1)N1CC[C@@H](Nc2ncc3c(F)cc(-c4c(F)ccc(F)c4F)n3n2)[C@H](F)C1. The van der Waals surface area contributed by atoms with E-state index in [2.05, 4.69) is 15.4 Å². The molecule has 1 saturated heterocycles. The third-order valence-corrected chi connectivity index (χ3v) is 8.26. The lowest BCUT2D eigenvalue weighted by atomic mass is 10.1. The van der Waals surface area contributed by atoms with Crippen LogP contribution in [-0.4, -0.2) is 57.9 Å². The van der Waals surface area contributed by atoms with E-state index in [0.29, 0.717) is 25.0 Å². The standard InChI is InChI=1S/C20H18F5N5O2S/c21-11-3-4-12(22)19(25)18(11)16-7-13(23)17-8-26-20(28-30(16)17)27-15-5-6-29(9-14(15)24)33(31,32)10-1-2-10/h3-4,7-8,10,14-15H,1-2,5-6,9H2,(H,27,28)/t14-,15-/m1/s1. The molecule has 0 amide bonds. The molecular formula is C20H18F5N5O2S. The monoisotopic (exact) mass is 487 g/mol. The third kappa shape index (κ3) is 3.82. The Labute approximate surface area is 185 Å². The zero-order valence-corrected chi connectivity index (χ0v) is 17.8. The van der Waals surface area contributed by atoms with E-state index in [4.69, 9.17) is 0 Å². The van der Waals surface area contributed by atoms with Gasteiger partial charge in [-0.3, -0.25) is 0 Å². The van der Waals surface area contributed by atoms with Gasteiger partial charge in [0.25, 0.3) is 0 Å². The highest BCUT2D eigenvalue weighted by Gasteiger charge is 2.43. The van der Waals surface area contributed by atoms with Crippen molar-refractivity contribution in [1.29, 1.82) is 0 Å². The van der Waals surface area contributed by atoms with Crippen molar-refractivity contribution in [2.24, 2.45) is 0 Å². The first-order valence-corrected chi connectivity index (χ1v) is 11.7. The molecule has 5 rings (SSSR count). The molecule has 7 nitrogen and oxygen atoms in total. The summed E-state index contributed by atoms with van der Waals surface area (Å²) in [4.78, 5) is 3.93. The fraction of sp³-hybridized carbons (Fsp3) is 0.400. The molecule has 1 aliphatic heterocycles. The molecule has 13 heteroatoms. The average Bonchev–Trinajstić information content (AvgIpc) is 3.59. The second-order valence-corrected chi connectivity index (χ2v) is 10.3. The molecule has 0 radical (unpaired) electrons. The second kappa shape index (κ2) is 7.90. The molecule has 33 heavy (non-hydrogen) atoms. The van der Waals surface area contributed by atoms with Gasteiger partial charge in [0.1, 0.15) is 17.5 Å². The number of hydrogen-bond donors (Lipinski definition) is 1. The molecule has 3 aromatic rings. The number of fused-ring (bicyclic) bond motifs is 1. The summed E-state index contributed by atoms with van der Waals surface area (Å²) in [5, 5.41) is 6.32. The van der Waals surface area contributed by atoms with Crippen LogP contribution < -0.4 is 5.32 Å². The van der Waals surface area contributed by atoms with Crippen molar-refractivity contribution in [2.75, 3.05) is 18.4 Å². The molecule has 2 aromatic heterocycles. The van der Waals surface area contributed by atoms with Crippen LogP contribution in [0.5, 0.6) is 0 Å². The van der Waals surface area contributed by atoms with Crippen LogP contribution in [0.4, 0.5) is 27.9 Å². The molecule has 2 fully saturated rings. The Morgan fingerprint density at radius 2 is 1.76 bits per heavy atom. The van der Waals surface area contributed by atoms with Crippen LogP contribution in [0.3, 0.4) is 0 Å². The number of nitrogens with one attached hydrogen (secondary N) is 1. The van der Waals surface area contributed by atoms with E-state index in [9.17, 15) is 30.4 Å². The van der Waals surface area contributed by atoms with Crippen molar-refractivity contribution in [1.82, 2.24) is 18.9 Å². The number of halogens is 5. The fourth-order valence-corrected chi connectivity index (χ4v) is 5.84. The first-order chi connectivity index (χ1) is 15.7. The Morgan fingerprint density at radius 1 is 1.03 bits per heavy atom. The minimum atomic E-state index is -3.51. The first-order valence-electron chi connectivity index (χ1n) is 10.2. The Balaban J connectivity index is 1.43. The highest BCUT2D eigenvalue weighted by molar-refractivity contribution is 7.90. The van der Waals surface area contributed by atoms with E-state index in [1.807, 2.05) is 0 Å². The Hall–Kier alpha value is -2.80. The maximum absolute atomic E-state index is 14.8. The summed E-state index contributed by atoms with van der Waals surface area (Å²) in [6, 6.07) is 1.29. The molecule has 176 valence electrons. The summed E-state index contributed by atoms with van der Waals surface area (Å²) in [7, 11) is -3.51. The summed E-state index contributed by atoms with van der Waals surface area (Å²) >= 11 is 0. The molecule has 1 saturated carbocycles. The maximum atomic E-state index is 14.8. The zero-order valence-electron chi connectivity index (χ0n) is 17.0. The molecule has 3 heterocycles. The van der Waals surface area contributed by atoms with E-state index >= 15 is 0 Å². The Morgan fingerprint density at radius 3 is 2.45 bits per heavy atom. The predicted octanol–water partition coefficient (Wildman–Crippen LogP) is 3.27. The molecule has 1 N–H and O–H groups in total. The van der Waals surface area contributed by atoms with Crippen LogP contribution >= 0.6 is 0 Å². The highest BCUT2D eigenvalue weighted by Crippen LogP contribution is 2.33. The molecular weight excluding hydrogens is 469 g/mol. The van der Waals surface area contributed by atoms with E-state index in [0.717, 1.165) is 21.1 Å². The number of aromatic nitrogens is 3. The van der Waals surface area contributed by atoms with Gasteiger partial charge in [-0.2, -0.15) is 4.31 Å². The van der Waals surface area contributed by atoms with Crippen molar-refractivity contribution >= 4 is 21.5 Å². The number of anilines is 1. The van der Waals surface area contributed by atoms with Gasteiger partial charge in [0, 0.05) is 19.2 Å². The number of piperidine rings is 1. The van der Waals surface area contributed by atoms with E-state index in [1.54, 1.807) is 0 Å². The number of nitrogens with zero attached hydrogens (tertiary/aromatic N) is 4. The summed E-state index contributed by atoms with van der Waals surface area (Å²) in [5.41, 5.74) is -1.41. The summed E-state index contributed by atoms with van der Waals surface area (Å²) in [5.74, 6) is -4.99. The molecule has 0 bridgehead atoms. The van der Waals surface area contributed by atoms with Crippen molar-refractivity contribution in [3.63, 3.8) is 0 Å². The largest absolute Gasteiger partial charge is 0.347 e. The Kier molecular flexibility index (Phi) is 5.27. The number of alkyl halides is 1. The summed E-state index contributed by atoms with van der Waals surface area (Å²) in [6.45, 7) is -0.204. The maximum Gasteiger partial charge on any atom is 0.241 e. The molecule has 1 aromatic carbocycles. The van der Waals surface area contributed by atoms with E-state index in [-0.39, 0.29) is 36.7 Å². The summed E-state index contributed by atoms with van der Waals surface area (Å²) < 4.78 is 98.1. The third-order valence-electron chi connectivity index (χ3n) is 5.89. The van der Waals surface area contributed by atoms with Crippen LogP contribution in [0, 0.1) is 23.3 Å². The van der Waals surface area contributed by atoms with Gasteiger partial charge in [-0.05, 0) is 31.4 Å². The molecule has 1 aliphatic carbocycles. The lowest BCUT2D eigenvalue weighted by molar-refractivity contribution is 0.185. The van der Waals surface area contributed by atoms with Gasteiger partial charge >= 0.3 is 0 Å². The number of hydrogen-bond acceptors (Lipinski definition) is 5. The van der Waals surface area contributed by atoms with Gasteiger partial charge in [-0.25, -0.2) is 39.9 Å². The second-order valence-electron chi connectivity index (χ2n) is 8.13. The van der Waals surface area contributed by atoms with Crippen LogP contribution in [0.1, 0.15) is 19.3 Å². The highest BCUT2D eigenvalue weighted by atomic mass is 32.2. The van der Waals surface area contributed by atoms with Crippen LogP contribution in [0.15, 0.2) is 24.4 Å². The molecule has 0 spiro atoms. The van der Waals surface area contributed by atoms with Crippen LogP contribution in [0.2, 0.25) is 0 Å². The topological polar surface area (TPSA) is 79.6 Å². The Bertz CT molecular complexity index is 1340. The normalized spacial score (nSPS) is 22.1. The van der Waals surface area contributed by atoms with Crippen molar-refractivity contribution in [3.8, 4) is 11.3 Å². The van der Waals surface area contributed by atoms with Crippen molar-refractivity contribution < 1.29 is 30.4 Å². The number of sulfonamides is 1. The van der Waals surface area contributed by atoms with E-state index < -0.39 is 56.3 Å². The molecule has 0 unspecified atom stereocenters. The number of rotatable bonds is 5. The van der Waals surface area contributed by atoms with Gasteiger partial charge in [-0.1, -0.05) is 0 Å². The smallest absolute Gasteiger partial charge is 0.241 e. The average molecular weight is 487 g/mol. The predicted molar refractivity (Wildman–Crippen MR) is 109 cm³/mol. The quantitative estimate of drug-likeness (QED) is 0.442. The number of benzene rings is 1. The summed E-state index contributed by atoms with van der Waals surface area (Å²) in [6.07, 6.45) is 0.768. The van der Waals surface area contributed by atoms with Gasteiger partial charge in [0.2, 0.25) is 16.0 Å². The van der Waals surface area contributed by atoms with Gasteiger partial charge in [0.05, 0.1) is 28.7 Å².